The van der Waals surface area contributed by atoms with Crippen LogP contribution in [-0.4, -0.2) is 39.7 Å². The Kier molecular flexibility index (Phi) is 5.59. The maximum Gasteiger partial charge on any atom is 0.237 e. The summed E-state index contributed by atoms with van der Waals surface area (Å²) in [5, 5.41) is 1.18. The van der Waals surface area contributed by atoms with E-state index in [1.807, 2.05) is 11.0 Å². The standard InChI is InChI=1S/C23H25ClFN3O/c1-14(2)22-18-11-16(15-6-9-28(10-7-15)21(29)13-24)3-4-19(18)27-23(22)17-5-8-26-20(25)12-17/h3-5,8,11-12,14-15,27H,6-7,9-10,13H2,1-2H3. The Hall–Kier alpha value is -2.40. The van der Waals surface area contributed by atoms with Gasteiger partial charge in [-0.05, 0) is 54.0 Å². The summed E-state index contributed by atoms with van der Waals surface area (Å²) in [5.41, 5.74) is 5.31. The average Bonchev–Trinajstić information content (AvgIpc) is 3.12. The predicted octanol–water partition coefficient (Wildman–Crippen LogP) is 5.44. The quantitative estimate of drug-likeness (QED) is 0.457. The highest BCUT2D eigenvalue weighted by Crippen LogP contribution is 2.38. The number of pyridine rings is 1. The zero-order chi connectivity index (χ0) is 20.5. The van der Waals surface area contributed by atoms with Crippen molar-refractivity contribution in [3.8, 4) is 11.3 Å². The number of nitrogens with one attached hydrogen (secondary N) is 1. The average molecular weight is 414 g/mol. The SMILES string of the molecule is CC(C)c1c(-c2ccnc(F)c2)[nH]c2ccc(C3CCN(C(=O)CCl)CC3)cc12. The van der Waals surface area contributed by atoms with Gasteiger partial charge in [0, 0.05) is 41.8 Å². The van der Waals surface area contributed by atoms with E-state index in [-0.39, 0.29) is 17.7 Å². The van der Waals surface area contributed by atoms with Gasteiger partial charge in [0.15, 0.2) is 0 Å². The molecule has 1 N–H and O–H groups in total. The number of fused-ring (bicyclic) bond motifs is 1. The van der Waals surface area contributed by atoms with Crippen molar-refractivity contribution in [1.29, 1.82) is 0 Å². The van der Waals surface area contributed by atoms with Crippen LogP contribution in [0.4, 0.5) is 4.39 Å². The van der Waals surface area contributed by atoms with Gasteiger partial charge in [-0.2, -0.15) is 4.39 Å². The number of benzene rings is 1. The molecule has 0 saturated carbocycles. The monoisotopic (exact) mass is 413 g/mol. The number of likely N-dealkylation sites (tertiary alicyclic amines) is 1. The van der Waals surface area contributed by atoms with E-state index in [0.29, 0.717) is 5.92 Å². The lowest BCUT2D eigenvalue weighted by Crippen LogP contribution is -2.38. The predicted molar refractivity (Wildman–Crippen MR) is 115 cm³/mol. The van der Waals surface area contributed by atoms with Crippen molar-refractivity contribution in [1.82, 2.24) is 14.9 Å². The Bertz CT molecular complexity index is 1040. The number of hydrogen-bond acceptors (Lipinski definition) is 2. The first-order chi connectivity index (χ1) is 14.0. The second-order valence-electron chi connectivity index (χ2n) is 8.03. The molecule has 0 bridgehead atoms. The van der Waals surface area contributed by atoms with Crippen molar-refractivity contribution in [2.45, 2.75) is 38.5 Å². The first kappa shape index (κ1) is 19.9. The molecule has 1 saturated heterocycles. The highest BCUT2D eigenvalue weighted by atomic mass is 35.5. The van der Waals surface area contributed by atoms with E-state index in [2.05, 4.69) is 42.0 Å². The van der Waals surface area contributed by atoms with Crippen molar-refractivity contribution >= 4 is 28.4 Å². The van der Waals surface area contributed by atoms with Crippen molar-refractivity contribution < 1.29 is 9.18 Å². The second-order valence-corrected chi connectivity index (χ2v) is 8.30. The molecule has 1 amide bonds. The van der Waals surface area contributed by atoms with Crippen molar-refractivity contribution in [2.24, 2.45) is 0 Å². The molecule has 3 aromatic rings. The highest BCUT2D eigenvalue weighted by Gasteiger charge is 2.24. The molecular formula is C23H25ClFN3O. The van der Waals surface area contributed by atoms with Crippen LogP contribution in [0.25, 0.3) is 22.2 Å². The molecule has 0 unspecified atom stereocenters. The van der Waals surface area contributed by atoms with Gasteiger partial charge in [0.1, 0.15) is 5.88 Å². The lowest BCUT2D eigenvalue weighted by Gasteiger charge is -2.32. The molecule has 3 heterocycles. The third kappa shape index (κ3) is 3.88. The first-order valence-corrected chi connectivity index (χ1v) is 10.6. The molecule has 0 aliphatic carbocycles. The Morgan fingerprint density at radius 1 is 1.28 bits per heavy atom. The van der Waals surface area contributed by atoms with Crippen molar-refractivity contribution in [3.05, 3.63) is 53.6 Å². The minimum absolute atomic E-state index is 0.0162. The Morgan fingerprint density at radius 3 is 2.69 bits per heavy atom. The van der Waals surface area contributed by atoms with E-state index in [9.17, 15) is 9.18 Å². The van der Waals surface area contributed by atoms with Gasteiger partial charge in [0.25, 0.3) is 0 Å². The minimum atomic E-state index is -0.477. The number of piperidine rings is 1. The van der Waals surface area contributed by atoms with Crippen molar-refractivity contribution in [2.75, 3.05) is 19.0 Å². The molecule has 4 rings (SSSR count). The van der Waals surface area contributed by atoms with Crippen LogP contribution >= 0.6 is 11.6 Å². The smallest absolute Gasteiger partial charge is 0.237 e. The summed E-state index contributed by atoms with van der Waals surface area (Å²) in [4.78, 5) is 20.8. The van der Waals surface area contributed by atoms with E-state index in [4.69, 9.17) is 11.6 Å². The highest BCUT2D eigenvalue weighted by molar-refractivity contribution is 6.27. The second kappa shape index (κ2) is 8.15. The van der Waals surface area contributed by atoms with Gasteiger partial charge >= 0.3 is 0 Å². The van der Waals surface area contributed by atoms with Crippen LogP contribution in [0.2, 0.25) is 0 Å². The van der Waals surface area contributed by atoms with Gasteiger partial charge in [-0.25, -0.2) is 4.98 Å². The zero-order valence-corrected chi connectivity index (χ0v) is 17.5. The molecule has 0 atom stereocenters. The van der Waals surface area contributed by atoms with Crippen LogP contribution in [0.1, 0.15) is 49.7 Å². The van der Waals surface area contributed by atoms with E-state index in [1.54, 1.807) is 0 Å². The van der Waals surface area contributed by atoms with E-state index >= 15 is 0 Å². The number of hydrogen-bond donors (Lipinski definition) is 1. The molecule has 0 radical (unpaired) electrons. The fourth-order valence-electron chi connectivity index (χ4n) is 4.42. The number of aromatic amines is 1. The van der Waals surface area contributed by atoms with Gasteiger partial charge in [-0.1, -0.05) is 19.9 Å². The Morgan fingerprint density at radius 2 is 2.03 bits per heavy atom. The number of nitrogens with zero attached hydrogens (tertiary/aromatic N) is 2. The maximum absolute atomic E-state index is 13.7. The van der Waals surface area contributed by atoms with E-state index in [0.717, 1.165) is 42.7 Å². The molecule has 2 aromatic heterocycles. The van der Waals surface area contributed by atoms with Gasteiger partial charge in [-0.3, -0.25) is 4.79 Å². The summed E-state index contributed by atoms with van der Waals surface area (Å²) in [6, 6.07) is 9.87. The van der Waals surface area contributed by atoms with E-state index < -0.39 is 5.95 Å². The van der Waals surface area contributed by atoms with Gasteiger partial charge in [0.2, 0.25) is 11.9 Å². The largest absolute Gasteiger partial charge is 0.354 e. The minimum Gasteiger partial charge on any atom is -0.354 e. The number of carbonyl (C=O) groups is 1. The molecule has 1 fully saturated rings. The number of halogens is 2. The Balaban J connectivity index is 1.69. The maximum atomic E-state index is 13.7. The van der Waals surface area contributed by atoms with Crippen LogP contribution in [-0.2, 0) is 4.79 Å². The molecular weight excluding hydrogens is 389 g/mol. The van der Waals surface area contributed by atoms with Crippen LogP contribution < -0.4 is 0 Å². The van der Waals surface area contributed by atoms with Crippen LogP contribution in [0.5, 0.6) is 0 Å². The number of carbonyl (C=O) groups excluding carboxylic acids is 1. The van der Waals surface area contributed by atoms with Crippen molar-refractivity contribution in [3.63, 3.8) is 0 Å². The number of aromatic nitrogens is 2. The summed E-state index contributed by atoms with van der Waals surface area (Å²) in [7, 11) is 0. The molecule has 6 heteroatoms. The lowest BCUT2D eigenvalue weighted by molar-refractivity contribution is -0.129. The van der Waals surface area contributed by atoms with Gasteiger partial charge in [0.05, 0.1) is 5.69 Å². The first-order valence-electron chi connectivity index (χ1n) is 10.1. The number of H-pyrrole nitrogens is 1. The molecule has 4 nitrogen and oxygen atoms in total. The number of amides is 1. The zero-order valence-electron chi connectivity index (χ0n) is 16.7. The summed E-state index contributed by atoms with van der Waals surface area (Å²) >= 11 is 5.69. The van der Waals surface area contributed by atoms with Crippen LogP contribution in [0.15, 0.2) is 36.5 Å². The summed E-state index contributed by atoms with van der Waals surface area (Å²) in [6.45, 7) is 5.82. The Labute approximate surface area is 175 Å². The molecule has 0 spiro atoms. The fraction of sp³-hybridized carbons (Fsp3) is 0.391. The molecule has 152 valence electrons. The number of rotatable bonds is 4. The van der Waals surface area contributed by atoms with Crippen LogP contribution in [0, 0.1) is 5.95 Å². The molecule has 29 heavy (non-hydrogen) atoms. The lowest BCUT2D eigenvalue weighted by atomic mass is 9.87. The third-order valence-electron chi connectivity index (χ3n) is 5.89. The topological polar surface area (TPSA) is 49.0 Å². The number of alkyl halides is 1. The van der Waals surface area contributed by atoms with Crippen LogP contribution in [0.3, 0.4) is 0 Å². The molecule has 1 aliphatic heterocycles. The third-order valence-corrected chi connectivity index (χ3v) is 6.12. The van der Waals surface area contributed by atoms with Gasteiger partial charge < -0.3 is 9.88 Å². The van der Waals surface area contributed by atoms with E-state index in [1.165, 1.54) is 28.8 Å². The summed E-state index contributed by atoms with van der Waals surface area (Å²) in [6.07, 6.45) is 3.39. The van der Waals surface area contributed by atoms with Gasteiger partial charge in [-0.15, -0.1) is 11.6 Å². The normalized spacial score (nSPS) is 15.4. The fourth-order valence-corrected chi connectivity index (χ4v) is 4.59. The molecule has 1 aliphatic rings. The summed E-state index contributed by atoms with van der Waals surface area (Å²) in [5.74, 6) is 0.303. The summed E-state index contributed by atoms with van der Waals surface area (Å²) < 4.78 is 13.7. The molecule has 1 aromatic carbocycles.